The lowest BCUT2D eigenvalue weighted by molar-refractivity contribution is -0.121. The number of hydrogen-bond donors (Lipinski definition) is 2. The predicted molar refractivity (Wildman–Crippen MR) is 121 cm³/mol. The molecule has 0 bridgehead atoms. The van der Waals surface area contributed by atoms with Crippen molar-refractivity contribution in [3.05, 3.63) is 82.9 Å². The zero-order valence-electron chi connectivity index (χ0n) is 16.8. The summed E-state index contributed by atoms with van der Waals surface area (Å²) in [6, 6.07) is 19.0. The van der Waals surface area contributed by atoms with Crippen LogP contribution in [-0.4, -0.2) is 20.9 Å². The molecule has 0 spiro atoms. The van der Waals surface area contributed by atoms with Gasteiger partial charge in [-0.2, -0.15) is 0 Å². The Morgan fingerprint density at radius 2 is 1.81 bits per heavy atom. The number of nitrogens with one attached hydrogen (secondary N) is 2. The van der Waals surface area contributed by atoms with Crippen LogP contribution in [0.4, 0.5) is 11.4 Å². The van der Waals surface area contributed by atoms with E-state index in [9.17, 15) is 13.2 Å². The first-order valence-corrected chi connectivity index (χ1v) is 11.6. The van der Waals surface area contributed by atoms with Crippen LogP contribution in [0.25, 0.3) is 0 Å². The van der Waals surface area contributed by atoms with Gasteiger partial charge in [-0.1, -0.05) is 48.0 Å². The second kappa shape index (κ2) is 8.61. The largest absolute Gasteiger partial charge is 0.492 e. The Morgan fingerprint density at radius 3 is 2.61 bits per heavy atom. The molecule has 3 aromatic rings. The molecule has 0 aliphatic carbocycles. The third kappa shape index (κ3) is 4.68. The molecule has 0 saturated heterocycles. The number of fused-ring (bicyclic) bond motifs is 1. The van der Waals surface area contributed by atoms with E-state index in [1.807, 2.05) is 24.3 Å². The van der Waals surface area contributed by atoms with Crippen molar-refractivity contribution in [1.82, 2.24) is 0 Å². The van der Waals surface area contributed by atoms with Crippen molar-refractivity contribution in [3.8, 4) is 5.75 Å². The Labute approximate surface area is 186 Å². The first-order chi connectivity index (χ1) is 14.8. The number of halogens is 1. The molecular weight excluding hydrogens is 436 g/mol. The fourth-order valence-corrected chi connectivity index (χ4v) is 5.04. The number of ether oxygens (including phenoxy) is 1. The molecule has 1 aliphatic rings. The molecule has 31 heavy (non-hydrogen) atoms. The molecule has 0 saturated carbocycles. The summed E-state index contributed by atoms with van der Waals surface area (Å²) in [5, 5.41) is 3.12. The second-order valence-corrected chi connectivity index (χ2v) is 9.43. The smallest absolute Gasteiger partial charge is 0.262 e. The third-order valence-corrected chi connectivity index (χ3v) is 6.95. The highest BCUT2D eigenvalue weighted by molar-refractivity contribution is 7.92. The summed E-state index contributed by atoms with van der Waals surface area (Å²) in [7, 11) is -3.90. The zero-order chi connectivity index (χ0) is 22.0. The van der Waals surface area contributed by atoms with Gasteiger partial charge in [0.05, 0.1) is 21.5 Å². The van der Waals surface area contributed by atoms with Gasteiger partial charge in [-0.3, -0.25) is 9.52 Å². The van der Waals surface area contributed by atoms with Gasteiger partial charge in [0.25, 0.3) is 10.0 Å². The lowest BCUT2D eigenvalue weighted by Crippen LogP contribution is -2.32. The fraction of sp³-hybridized carbons (Fsp3) is 0.174. The number of sulfonamides is 1. The first kappa shape index (κ1) is 21.2. The molecule has 8 heteroatoms. The maximum atomic E-state index is 12.9. The van der Waals surface area contributed by atoms with Crippen LogP contribution < -0.4 is 14.8 Å². The number of rotatable bonds is 5. The van der Waals surface area contributed by atoms with Gasteiger partial charge in [0.2, 0.25) is 5.91 Å². The molecular formula is C23H21ClN2O4S. The lowest BCUT2D eigenvalue weighted by atomic mass is 9.96. The summed E-state index contributed by atoms with van der Waals surface area (Å²) in [5.74, 6) is 0.208. The number of amides is 1. The maximum Gasteiger partial charge on any atom is 0.262 e. The molecule has 0 fully saturated rings. The van der Waals surface area contributed by atoms with Crippen LogP contribution in [0.3, 0.4) is 0 Å². The van der Waals surface area contributed by atoms with Crippen LogP contribution in [0.15, 0.2) is 71.6 Å². The van der Waals surface area contributed by atoms with Crippen LogP contribution >= 0.6 is 11.6 Å². The molecule has 0 radical (unpaired) electrons. The number of carbonyl (C=O) groups is 1. The molecule has 1 amide bonds. The SMILES string of the molecule is Cc1ccc(NC(=O)C2COc3ccccc3C2)cc1S(=O)(=O)Nc1ccccc1Cl. The van der Waals surface area contributed by atoms with E-state index in [-0.39, 0.29) is 29.0 Å². The van der Waals surface area contributed by atoms with Gasteiger partial charge in [0.15, 0.2) is 0 Å². The minimum Gasteiger partial charge on any atom is -0.492 e. The Balaban J connectivity index is 1.53. The standard InChI is InChI=1S/C23H21ClN2O4S/c1-15-10-11-18(13-22(15)31(28,29)26-20-8-4-3-7-19(20)24)25-23(27)17-12-16-6-2-5-9-21(16)30-14-17/h2-11,13,17,26H,12,14H2,1H3,(H,25,27). The Bertz CT molecular complexity index is 1240. The van der Waals surface area contributed by atoms with Gasteiger partial charge < -0.3 is 10.1 Å². The summed E-state index contributed by atoms with van der Waals surface area (Å²) in [6.45, 7) is 1.96. The van der Waals surface area contributed by atoms with Gasteiger partial charge >= 0.3 is 0 Å². The topological polar surface area (TPSA) is 84.5 Å². The van der Waals surface area contributed by atoms with Crippen molar-refractivity contribution < 1.29 is 17.9 Å². The first-order valence-electron chi connectivity index (χ1n) is 9.73. The number of benzene rings is 3. The Kier molecular flexibility index (Phi) is 5.89. The Morgan fingerprint density at radius 1 is 1.06 bits per heavy atom. The predicted octanol–water partition coefficient (Wildman–Crippen LogP) is 4.64. The van der Waals surface area contributed by atoms with Crippen LogP contribution in [0, 0.1) is 12.8 Å². The number of anilines is 2. The molecule has 3 aromatic carbocycles. The highest BCUT2D eigenvalue weighted by Crippen LogP contribution is 2.29. The molecule has 1 aliphatic heterocycles. The fourth-order valence-electron chi connectivity index (χ4n) is 3.45. The maximum absolute atomic E-state index is 12.9. The normalized spacial score (nSPS) is 15.5. The van der Waals surface area contributed by atoms with Gasteiger partial charge in [-0.05, 0) is 54.8 Å². The minimum atomic E-state index is -3.90. The van der Waals surface area contributed by atoms with Crippen molar-refractivity contribution in [2.75, 3.05) is 16.6 Å². The number of hydrogen-bond acceptors (Lipinski definition) is 4. The number of aryl methyl sites for hydroxylation is 1. The van der Waals surface area contributed by atoms with Crippen LogP contribution in [0.1, 0.15) is 11.1 Å². The summed E-state index contributed by atoms with van der Waals surface area (Å²) in [6.07, 6.45) is 0.563. The van der Waals surface area contributed by atoms with Crippen molar-refractivity contribution in [2.45, 2.75) is 18.2 Å². The average molecular weight is 457 g/mol. The van der Waals surface area contributed by atoms with Crippen molar-refractivity contribution in [3.63, 3.8) is 0 Å². The molecule has 1 heterocycles. The monoisotopic (exact) mass is 456 g/mol. The minimum absolute atomic E-state index is 0.0652. The second-order valence-electron chi connectivity index (χ2n) is 7.37. The molecule has 1 unspecified atom stereocenters. The summed E-state index contributed by atoms with van der Waals surface area (Å²) in [5.41, 5.74) is 2.21. The van der Waals surface area contributed by atoms with E-state index >= 15 is 0 Å². The number of carbonyl (C=O) groups excluding carboxylic acids is 1. The van der Waals surface area contributed by atoms with E-state index < -0.39 is 10.0 Å². The quantitative estimate of drug-likeness (QED) is 0.585. The highest BCUT2D eigenvalue weighted by Gasteiger charge is 2.26. The van der Waals surface area contributed by atoms with Crippen molar-refractivity contribution in [1.29, 1.82) is 0 Å². The van der Waals surface area contributed by atoms with Crippen LogP contribution in [0.2, 0.25) is 5.02 Å². The molecule has 4 rings (SSSR count). The molecule has 2 N–H and O–H groups in total. The van der Waals surface area contributed by atoms with Gasteiger partial charge in [-0.15, -0.1) is 0 Å². The molecule has 1 atom stereocenters. The van der Waals surface area contributed by atoms with E-state index in [0.29, 0.717) is 22.7 Å². The Hall–Kier alpha value is -3.03. The highest BCUT2D eigenvalue weighted by atomic mass is 35.5. The average Bonchev–Trinajstić information content (AvgIpc) is 2.76. The van der Waals surface area contributed by atoms with E-state index in [1.54, 1.807) is 43.3 Å². The molecule has 6 nitrogen and oxygen atoms in total. The van der Waals surface area contributed by atoms with Crippen molar-refractivity contribution >= 4 is 38.9 Å². The van der Waals surface area contributed by atoms with Crippen LogP contribution in [-0.2, 0) is 21.2 Å². The molecule has 0 aromatic heterocycles. The van der Waals surface area contributed by atoms with Crippen molar-refractivity contribution in [2.24, 2.45) is 5.92 Å². The van der Waals surface area contributed by atoms with Crippen LogP contribution in [0.5, 0.6) is 5.75 Å². The third-order valence-electron chi connectivity index (χ3n) is 5.11. The summed E-state index contributed by atoms with van der Waals surface area (Å²) in [4.78, 5) is 12.9. The van der Waals surface area contributed by atoms with E-state index in [4.69, 9.17) is 16.3 Å². The van der Waals surface area contributed by atoms with Gasteiger partial charge in [0, 0.05) is 5.69 Å². The van der Waals surface area contributed by atoms with Gasteiger partial charge in [-0.25, -0.2) is 8.42 Å². The van der Waals surface area contributed by atoms with E-state index in [1.165, 1.54) is 6.07 Å². The molecule has 160 valence electrons. The summed E-state index contributed by atoms with van der Waals surface area (Å²) < 4.78 is 34.1. The van der Waals surface area contributed by atoms with E-state index in [2.05, 4.69) is 10.0 Å². The van der Waals surface area contributed by atoms with Gasteiger partial charge in [0.1, 0.15) is 12.4 Å². The number of para-hydroxylation sites is 2. The zero-order valence-corrected chi connectivity index (χ0v) is 18.3. The van der Waals surface area contributed by atoms with E-state index in [0.717, 1.165) is 11.3 Å². The lowest BCUT2D eigenvalue weighted by Gasteiger charge is -2.24. The summed E-state index contributed by atoms with van der Waals surface area (Å²) >= 11 is 6.08.